The molecule has 1 saturated heterocycles. The Morgan fingerprint density at radius 3 is 2.60 bits per heavy atom. The Bertz CT molecular complexity index is 1270. The fraction of sp³-hybridized carbons (Fsp3) is 0.690. The molecule has 220 valence electrons. The van der Waals surface area contributed by atoms with Crippen molar-refractivity contribution in [3.63, 3.8) is 0 Å². The Morgan fingerprint density at radius 2 is 1.88 bits per heavy atom. The van der Waals surface area contributed by atoms with Gasteiger partial charge in [0.2, 0.25) is 10.0 Å². The van der Waals surface area contributed by atoms with Crippen LogP contribution in [-0.2, 0) is 24.3 Å². The summed E-state index contributed by atoms with van der Waals surface area (Å²) in [5.41, 5.74) is 0.708. The molecule has 11 heteroatoms. The predicted octanol–water partition coefficient (Wildman–Crippen LogP) is 5.18. The van der Waals surface area contributed by atoms with E-state index in [9.17, 15) is 13.2 Å². The van der Waals surface area contributed by atoms with E-state index in [0.29, 0.717) is 60.6 Å². The highest BCUT2D eigenvalue weighted by Gasteiger charge is 2.34. The van der Waals surface area contributed by atoms with Crippen LogP contribution in [0.15, 0.2) is 34.3 Å². The zero-order valence-corrected chi connectivity index (χ0v) is 25.5. The fourth-order valence-corrected chi connectivity index (χ4v) is 8.61. The van der Waals surface area contributed by atoms with Crippen LogP contribution < -0.4 is 0 Å². The lowest BCUT2D eigenvalue weighted by atomic mass is 9.75. The van der Waals surface area contributed by atoms with Gasteiger partial charge < -0.3 is 9.47 Å². The number of thioether (sulfide) groups is 1. The number of esters is 1. The third kappa shape index (κ3) is 6.58. The molecule has 5 rings (SSSR count). The van der Waals surface area contributed by atoms with Gasteiger partial charge in [-0.15, -0.1) is 10.2 Å². The number of nitrogens with zero attached hydrogens (tertiary/aromatic N) is 4. The standard InChI is InChI=1S/C29H42N4O5S2/c1-20(2)25-12-11-21(3)17-26(25)38-27(34)19-39-29-31-30-28(33(29)23-8-4-5-9-23)22-7-6-10-24(18-22)40(35,36)32-13-15-37-16-14-32/h6-7,10,18,20-21,23,25-26H,4-5,8-9,11-17,19H2,1-3H3/t21-,25-,26-/m1/s1. The van der Waals surface area contributed by atoms with Crippen molar-refractivity contribution < 1.29 is 22.7 Å². The lowest BCUT2D eigenvalue weighted by Gasteiger charge is -2.36. The average molecular weight is 591 g/mol. The maximum Gasteiger partial charge on any atom is 0.316 e. The quantitative estimate of drug-likeness (QED) is 0.291. The van der Waals surface area contributed by atoms with E-state index in [-0.39, 0.29) is 28.8 Å². The Balaban J connectivity index is 1.35. The van der Waals surface area contributed by atoms with Crippen molar-refractivity contribution in [1.29, 1.82) is 0 Å². The van der Waals surface area contributed by atoms with Crippen molar-refractivity contribution in [2.45, 2.75) is 87.9 Å². The summed E-state index contributed by atoms with van der Waals surface area (Å²) in [4.78, 5) is 13.2. The molecule has 3 fully saturated rings. The van der Waals surface area contributed by atoms with Crippen molar-refractivity contribution in [2.75, 3.05) is 32.1 Å². The second kappa shape index (κ2) is 12.9. The number of rotatable bonds is 9. The monoisotopic (exact) mass is 590 g/mol. The Hall–Kier alpha value is -1.95. The topological polar surface area (TPSA) is 104 Å². The largest absolute Gasteiger partial charge is 0.461 e. The van der Waals surface area contributed by atoms with E-state index in [1.54, 1.807) is 18.2 Å². The van der Waals surface area contributed by atoms with Gasteiger partial charge in [0.15, 0.2) is 11.0 Å². The maximum absolute atomic E-state index is 13.3. The van der Waals surface area contributed by atoms with E-state index < -0.39 is 10.0 Å². The highest BCUT2D eigenvalue weighted by atomic mass is 32.2. The first-order valence-electron chi connectivity index (χ1n) is 14.7. The van der Waals surface area contributed by atoms with E-state index in [0.717, 1.165) is 38.5 Å². The lowest BCUT2D eigenvalue weighted by Crippen LogP contribution is -2.40. The molecule has 2 aliphatic carbocycles. The molecule has 0 spiro atoms. The van der Waals surface area contributed by atoms with Gasteiger partial charge in [0.05, 0.1) is 23.9 Å². The van der Waals surface area contributed by atoms with Crippen LogP contribution in [0.3, 0.4) is 0 Å². The maximum atomic E-state index is 13.3. The minimum absolute atomic E-state index is 0.0312. The number of hydrogen-bond donors (Lipinski definition) is 0. The molecule has 40 heavy (non-hydrogen) atoms. The molecule has 1 aromatic carbocycles. The Labute approximate surface area is 242 Å². The summed E-state index contributed by atoms with van der Waals surface area (Å²) in [5, 5.41) is 9.68. The van der Waals surface area contributed by atoms with Crippen LogP contribution in [0.25, 0.3) is 11.4 Å². The van der Waals surface area contributed by atoms with Crippen LogP contribution in [0.5, 0.6) is 0 Å². The third-order valence-electron chi connectivity index (χ3n) is 8.62. The van der Waals surface area contributed by atoms with Gasteiger partial charge in [-0.25, -0.2) is 8.42 Å². The molecule has 0 unspecified atom stereocenters. The molecule has 1 aliphatic heterocycles. The number of carbonyl (C=O) groups is 1. The number of carbonyl (C=O) groups excluding carboxylic acids is 1. The van der Waals surface area contributed by atoms with Crippen LogP contribution >= 0.6 is 11.8 Å². The molecular weight excluding hydrogens is 548 g/mol. The second-order valence-electron chi connectivity index (χ2n) is 11.8. The average Bonchev–Trinajstić information content (AvgIpc) is 3.62. The number of hydrogen-bond acceptors (Lipinski definition) is 8. The number of aromatic nitrogens is 3. The molecule has 2 saturated carbocycles. The van der Waals surface area contributed by atoms with Crippen LogP contribution in [0, 0.1) is 17.8 Å². The number of morpholine rings is 1. The third-order valence-corrected chi connectivity index (χ3v) is 11.4. The molecule has 0 amide bonds. The van der Waals surface area contributed by atoms with Crippen LogP contribution in [0.4, 0.5) is 0 Å². The van der Waals surface area contributed by atoms with Gasteiger partial charge in [-0.05, 0) is 55.6 Å². The first kappa shape index (κ1) is 29.5. The molecule has 2 heterocycles. The van der Waals surface area contributed by atoms with Crippen molar-refractivity contribution in [2.24, 2.45) is 17.8 Å². The summed E-state index contributed by atoms with van der Waals surface area (Å²) in [6.45, 7) is 8.15. The lowest BCUT2D eigenvalue weighted by molar-refractivity contribution is -0.152. The van der Waals surface area contributed by atoms with Gasteiger partial charge in [-0.2, -0.15) is 4.31 Å². The fourth-order valence-electron chi connectivity index (χ4n) is 6.37. The number of sulfonamides is 1. The van der Waals surface area contributed by atoms with E-state index in [1.165, 1.54) is 22.5 Å². The van der Waals surface area contributed by atoms with Crippen molar-refractivity contribution >= 4 is 27.8 Å². The van der Waals surface area contributed by atoms with Crippen LogP contribution in [0.1, 0.15) is 71.8 Å². The minimum atomic E-state index is -3.64. The highest BCUT2D eigenvalue weighted by Crippen LogP contribution is 2.38. The first-order valence-corrected chi connectivity index (χ1v) is 17.1. The molecule has 0 N–H and O–H groups in total. The van der Waals surface area contributed by atoms with Crippen molar-refractivity contribution in [3.05, 3.63) is 24.3 Å². The first-order chi connectivity index (χ1) is 19.2. The summed E-state index contributed by atoms with van der Waals surface area (Å²) in [6, 6.07) is 7.18. The molecule has 2 aromatic rings. The number of ether oxygens (including phenoxy) is 2. The Kier molecular flexibility index (Phi) is 9.54. The van der Waals surface area contributed by atoms with Gasteiger partial charge in [0.1, 0.15) is 6.10 Å². The van der Waals surface area contributed by atoms with E-state index in [4.69, 9.17) is 9.47 Å². The molecular formula is C29H42N4O5S2. The molecule has 0 bridgehead atoms. The van der Waals surface area contributed by atoms with E-state index >= 15 is 0 Å². The zero-order chi connectivity index (χ0) is 28.3. The molecule has 9 nitrogen and oxygen atoms in total. The molecule has 0 radical (unpaired) electrons. The normalized spacial score (nSPS) is 24.9. The summed E-state index contributed by atoms with van der Waals surface area (Å²) in [5.74, 6) is 2.05. The zero-order valence-electron chi connectivity index (χ0n) is 23.8. The highest BCUT2D eigenvalue weighted by molar-refractivity contribution is 7.99. The van der Waals surface area contributed by atoms with Gasteiger partial charge in [-0.3, -0.25) is 9.36 Å². The van der Waals surface area contributed by atoms with Gasteiger partial charge in [0, 0.05) is 24.7 Å². The Morgan fingerprint density at radius 1 is 1.12 bits per heavy atom. The summed E-state index contributed by atoms with van der Waals surface area (Å²) >= 11 is 1.36. The van der Waals surface area contributed by atoms with Crippen molar-refractivity contribution in [3.8, 4) is 11.4 Å². The van der Waals surface area contributed by atoms with Crippen molar-refractivity contribution in [1.82, 2.24) is 19.1 Å². The summed E-state index contributed by atoms with van der Waals surface area (Å²) in [7, 11) is -3.64. The van der Waals surface area contributed by atoms with Gasteiger partial charge in [0.25, 0.3) is 0 Å². The summed E-state index contributed by atoms with van der Waals surface area (Å²) in [6.07, 6.45) is 7.43. The van der Waals surface area contributed by atoms with Gasteiger partial charge in [-0.1, -0.05) is 63.9 Å². The molecule has 1 aromatic heterocycles. The summed E-state index contributed by atoms with van der Waals surface area (Å²) < 4.78 is 41.6. The number of benzene rings is 1. The molecule has 3 aliphatic rings. The molecule has 3 atom stereocenters. The van der Waals surface area contributed by atoms with Gasteiger partial charge >= 0.3 is 5.97 Å². The SMILES string of the molecule is CC(C)[C@H]1CC[C@@H](C)C[C@H]1OC(=O)CSc1nnc(-c2cccc(S(=O)(=O)N3CCOCC3)c2)n1C1CCCC1. The second-order valence-corrected chi connectivity index (χ2v) is 14.7. The minimum Gasteiger partial charge on any atom is -0.461 e. The van der Waals surface area contributed by atoms with Crippen LogP contribution in [0.2, 0.25) is 0 Å². The van der Waals surface area contributed by atoms with Crippen LogP contribution in [-0.4, -0.2) is 71.6 Å². The smallest absolute Gasteiger partial charge is 0.316 e. The van der Waals surface area contributed by atoms with E-state index in [2.05, 4.69) is 35.5 Å². The predicted molar refractivity (Wildman–Crippen MR) is 154 cm³/mol. The van der Waals surface area contributed by atoms with E-state index in [1.807, 2.05) is 6.07 Å².